The third kappa shape index (κ3) is 6.25. The second-order valence-corrected chi connectivity index (χ2v) is 6.17. The average Bonchev–Trinajstić information content (AvgIpc) is 2.42. The van der Waals surface area contributed by atoms with Crippen molar-refractivity contribution in [3.63, 3.8) is 0 Å². The van der Waals surface area contributed by atoms with E-state index >= 15 is 0 Å². The monoisotopic (exact) mass is 254 g/mol. The van der Waals surface area contributed by atoms with Crippen LogP contribution in [0, 0.1) is 23.7 Å². The Bertz CT molecular complexity index is 147. The van der Waals surface area contributed by atoms with Crippen LogP contribution >= 0.6 is 0 Å². The zero-order valence-corrected chi connectivity index (χ0v) is 14.0. The molecule has 0 aromatic rings. The Morgan fingerprint density at radius 2 is 0.778 bits per heavy atom. The Morgan fingerprint density at radius 1 is 0.444 bits per heavy atom. The van der Waals surface area contributed by atoms with Crippen molar-refractivity contribution in [2.75, 3.05) is 0 Å². The zero-order chi connectivity index (χ0) is 14.0. The minimum Gasteiger partial charge on any atom is -0.0651 e. The third-order valence-corrected chi connectivity index (χ3v) is 5.30. The maximum atomic E-state index is 2.39. The summed E-state index contributed by atoms with van der Waals surface area (Å²) < 4.78 is 0. The molecule has 0 aromatic heterocycles. The van der Waals surface area contributed by atoms with E-state index in [9.17, 15) is 0 Å². The Kier molecular flexibility index (Phi) is 10.9. The second-order valence-electron chi connectivity index (χ2n) is 6.17. The molecule has 110 valence electrons. The molecule has 0 aliphatic heterocycles. The minimum atomic E-state index is 0.963. The third-order valence-electron chi connectivity index (χ3n) is 5.30. The zero-order valence-electron chi connectivity index (χ0n) is 14.0. The van der Waals surface area contributed by atoms with Gasteiger partial charge in [0.2, 0.25) is 0 Å². The molecule has 0 radical (unpaired) electrons. The lowest BCUT2D eigenvalue weighted by Crippen LogP contribution is -2.20. The highest BCUT2D eigenvalue weighted by molar-refractivity contribution is 4.74. The molecule has 0 aliphatic rings. The predicted molar refractivity (Wildman–Crippen MR) is 84.9 cm³/mol. The molecule has 18 heavy (non-hydrogen) atoms. The van der Waals surface area contributed by atoms with E-state index in [2.05, 4.69) is 41.5 Å². The molecule has 0 saturated heterocycles. The van der Waals surface area contributed by atoms with Gasteiger partial charge < -0.3 is 0 Å². The largest absolute Gasteiger partial charge is 0.0651 e. The highest BCUT2D eigenvalue weighted by Gasteiger charge is 2.23. The van der Waals surface area contributed by atoms with Gasteiger partial charge in [-0.2, -0.15) is 0 Å². The summed E-state index contributed by atoms with van der Waals surface area (Å²) in [6.07, 6.45) is 11.2. The maximum absolute atomic E-state index is 2.39. The molecule has 0 heteroatoms. The van der Waals surface area contributed by atoms with Crippen LogP contribution in [0.15, 0.2) is 0 Å². The van der Waals surface area contributed by atoms with Gasteiger partial charge in [0.1, 0.15) is 0 Å². The van der Waals surface area contributed by atoms with Crippen LogP contribution in [0.4, 0.5) is 0 Å². The fourth-order valence-corrected chi connectivity index (χ4v) is 3.54. The van der Waals surface area contributed by atoms with Gasteiger partial charge in [0.15, 0.2) is 0 Å². The van der Waals surface area contributed by atoms with Crippen molar-refractivity contribution in [3.8, 4) is 0 Å². The van der Waals surface area contributed by atoms with E-state index in [0.29, 0.717) is 0 Å². The Balaban J connectivity index is 4.58. The molecular weight excluding hydrogens is 216 g/mol. The van der Waals surface area contributed by atoms with Crippen LogP contribution < -0.4 is 0 Å². The van der Waals surface area contributed by atoms with Crippen LogP contribution in [0.25, 0.3) is 0 Å². The standard InChI is InChI=1S/C18H38/c1-7-15(8-2)13-18(17(11-5)12-6)14-16(9-3)10-4/h15-18H,7-14H2,1-6H3. The molecule has 0 spiro atoms. The molecule has 0 heterocycles. The first-order valence-corrected chi connectivity index (χ1v) is 8.66. The predicted octanol–water partition coefficient (Wildman–Crippen LogP) is 6.69. The van der Waals surface area contributed by atoms with Crippen molar-refractivity contribution in [3.05, 3.63) is 0 Å². The highest BCUT2D eigenvalue weighted by atomic mass is 14.3. The van der Waals surface area contributed by atoms with E-state index in [1.54, 1.807) is 0 Å². The fourth-order valence-electron chi connectivity index (χ4n) is 3.54. The van der Waals surface area contributed by atoms with Crippen molar-refractivity contribution in [1.29, 1.82) is 0 Å². The molecule has 0 aliphatic carbocycles. The van der Waals surface area contributed by atoms with Crippen LogP contribution in [0.2, 0.25) is 0 Å². The summed E-state index contributed by atoms with van der Waals surface area (Å²) in [6, 6.07) is 0. The van der Waals surface area contributed by atoms with Crippen molar-refractivity contribution >= 4 is 0 Å². The van der Waals surface area contributed by atoms with E-state index in [1.807, 2.05) is 0 Å². The van der Waals surface area contributed by atoms with E-state index in [4.69, 9.17) is 0 Å². The Hall–Kier alpha value is 0. The molecule has 0 atom stereocenters. The molecule has 0 nitrogen and oxygen atoms in total. The quantitative estimate of drug-likeness (QED) is 0.385. The van der Waals surface area contributed by atoms with Gasteiger partial charge in [-0.25, -0.2) is 0 Å². The van der Waals surface area contributed by atoms with Crippen LogP contribution in [0.5, 0.6) is 0 Å². The molecular formula is C18H38. The molecule has 0 amide bonds. The summed E-state index contributed by atoms with van der Waals surface area (Å²) in [7, 11) is 0. The first kappa shape index (κ1) is 18.0. The summed E-state index contributed by atoms with van der Waals surface area (Å²) in [5, 5.41) is 0. The van der Waals surface area contributed by atoms with Gasteiger partial charge in [0.05, 0.1) is 0 Å². The molecule has 0 aromatic carbocycles. The molecule has 0 rings (SSSR count). The van der Waals surface area contributed by atoms with Crippen LogP contribution in [0.1, 0.15) is 92.9 Å². The van der Waals surface area contributed by atoms with Crippen LogP contribution in [-0.2, 0) is 0 Å². The van der Waals surface area contributed by atoms with Gasteiger partial charge in [0.25, 0.3) is 0 Å². The summed E-state index contributed by atoms with van der Waals surface area (Å²) >= 11 is 0. The van der Waals surface area contributed by atoms with Gasteiger partial charge in [-0.15, -0.1) is 0 Å². The number of hydrogen-bond acceptors (Lipinski definition) is 0. The summed E-state index contributed by atoms with van der Waals surface area (Å²) in [4.78, 5) is 0. The molecule has 0 unspecified atom stereocenters. The van der Waals surface area contributed by atoms with Gasteiger partial charge in [0, 0.05) is 0 Å². The van der Waals surface area contributed by atoms with Gasteiger partial charge in [-0.1, -0.05) is 80.1 Å². The molecule has 0 N–H and O–H groups in total. The summed E-state index contributed by atoms with van der Waals surface area (Å²) in [6.45, 7) is 14.3. The first-order chi connectivity index (χ1) is 8.66. The van der Waals surface area contributed by atoms with E-state index < -0.39 is 0 Å². The molecule has 0 saturated carbocycles. The second kappa shape index (κ2) is 10.9. The lowest BCUT2D eigenvalue weighted by atomic mass is 9.74. The Labute approximate surface area is 117 Å². The van der Waals surface area contributed by atoms with Crippen LogP contribution in [0.3, 0.4) is 0 Å². The van der Waals surface area contributed by atoms with E-state index in [0.717, 1.165) is 23.7 Å². The van der Waals surface area contributed by atoms with Crippen LogP contribution in [-0.4, -0.2) is 0 Å². The lowest BCUT2D eigenvalue weighted by molar-refractivity contribution is 0.198. The van der Waals surface area contributed by atoms with Crippen molar-refractivity contribution in [2.45, 2.75) is 92.9 Å². The van der Waals surface area contributed by atoms with Gasteiger partial charge in [-0.3, -0.25) is 0 Å². The highest BCUT2D eigenvalue weighted by Crippen LogP contribution is 2.35. The number of rotatable bonds is 11. The van der Waals surface area contributed by atoms with Crippen molar-refractivity contribution < 1.29 is 0 Å². The minimum absolute atomic E-state index is 0.963. The van der Waals surface area contributed by atoms with Gasteiger partial charge in [-0.05, 0) is 36.5 Å². The van der Waals surface area contributed by atoms with Crippen molar-refractivity contribution in [1.82, 2.24) is 0 Å². The normalized spacial score (nSPS) is 12.3. The van der Waals surface area contributed by atoms with Gasteiger partial charge >= 0.3 is 0 Å². The number of hydrogen-bond donors (Lipinski definition) is 0. The fraction of sp³-hybridized carbons (Fsp3) is 1.00. The maximum Gasteiger partial charge on any atom is -0.0381 e. The first-order valence-electron chi connectivity index (χ1n) is 8.66. The topological polar surface area (TPSA) is 0 Å². The Morgan fingerprint density at radius 3 is 1.00 bits per heavy atom. The molecule has 0 fully saturated rings. The lowest BCUT2D eigenvalue weighted by Gasteiger charge is -2.31. The summed E-state index contributed by atoms with van der Waals surface area (Å²) in [5.41, 5.74) is 0. The average molecular weight is 255 g/mol. The smallest absolute Gasteiger partial charge is 0.0381 e. The molecule has 0 bridgehead atoms. The SMILES string of the molecule is CCC(CC)CC(CC(CC)CC)C(CC)CC. The van der Waals surface area contributed by atoms with Crippen molar-refractivity contribution in [2.24, 2.45) is 23.7 Å². The summed E-state index contributed by atoms with van der Waals surface area (Å²) in [5.74, 6) is 3.87. The van der Waals surface area contributed by atoms with E-state index in [-0.39, 0.29) is 0 Å². The van der Waals surface area contributed by atoms with E-state index in [1.165, 1.54) is 51.4 Å².